The van der Waals surface area contributed by atoms with E-state index < -0.39 is 0 Å². The van der Waals surface area contributed by atoms with Crippen molar-refractivity contribution in [3.8, 4) is 0 Å². The van der Waals surface area contributed by atoms with Crippen molar-refractivity contribution in [3.63, 3.8) is 0 Å². The lowest BCUT2D eigenvalue weighted by molar-refractivity contribution is 0.854. The molecule has 0 spiro atoms. The van der Waals surface area contributed by atoms with Gasteiger partial charge in [-0.3, -0.25) is 0 Å². The zero-order chi connectivity index (χ0) is 3.54. The molecule has 27 valence electrons. The van der Waals surface area contributed by atoms with Gasteiger partial charge in [-0.05, 0) is 0 Å². The van der Waals surface area contributed by atoms with Gasteiger partial charge < -0.3 is 5.43 Å². The van der Waals surface area contributed by atoms with Gasteiger partial charge in [0.1, 0.15) is 0 Å². The lowest BCUT2D eigenvalue weighted by Gasteiger charge is -1.76. The molecule has 1 rings (SSSR count). The number of nitrogens with zero attached hydrogens (tertiary/aromatic N) is 1. The number of nitrogens with one attached hydrogen (secondary N) is 1. The van der Waals surface area contributed by atoms with Gasteiger partial charge in [-0.2, -0.15) is 5.10 Å². The molecular weight excluding hydrogens is 64.0 g/mol. The van der Waals surface area contributed by atoms with Gasteiger partial charge in [0.25, 0.3) is 0 Å². The fraction of sp³-hybridized carbons (Fsp3) is 0.333. The molecule has 0 aromatic carbocycles. The Labute approximate surface area is 30.9 Å². The van der Waals surface area contributed by atoms with Crippen molar-refractivity contribution in [2.24, 2.45) is 5.10 Å². The lowest BCUT2D eigenvalue weighted by Crippen LogP contribution is -1.96. The summed E-state index contributed by atoms with van der Waals surface area (Å²) in [5.74, 6) is 0. The molecule has 0 saturated carbocycles. The molecule has 0 bridgehead atoms. The third kappa shape index (κ3) is 0.375. The second kappa shape index (κ2) is 1.06. The van der Waals surface area contributed by atoms with E-state index in [9.17, 15) is 0 Å². The summed E-state index contributed by atoms with van der Waals surface area (Å²) in [4.78, 5) is 0. The Bertz CT molecular complexity index is 42.9. The molecule has 2 nitrogen and oxygen atoms in total. The maximum atomic E-state index is 3.65. The summed E-state index contributed by atoms with van der Waals surface area (Å²) in [7, 11) is 0. The fourth-order valence-electron chi connectivity index (χ4n) is 0.264. The molecule has 0 aliphatic carbocycles. The van der Waals surface area contributed by atoms with Crippen LogP contribution in [0.15, 0.2) is 5.10 Å². The summed E-state index contributed by atoms with van der Waals surface area (Å²) in [6.07, 6.45) is 3.71. The van der Waals surface area contributed by atoms with E-state index in [1.165, 1.54) is 0 Å². The smallest absolute Gasteiger partial charge is 0.0415 e. The maximum Gasteiger partial charge on any atom is 0.0415 e. The Kier molecular flexibility index (Phi) is 0.571. The molecule has 0 saturated heterocycles. The molecule has 1 aliphatic heterocycles. The zero-order valence-corrected chi connectivity index (χ0v) is 2.81. The summed E-state index contributed by atoms with van der Waals surface area (Å²) >= 11 is 0. The highest BCUT2D eigenvalue weighted by molar-refractivity contribution is 5.69. The predicted molar refractivity (Wildman–Crippen MR) is 20.8 cm³/mol. The third-order valence-electron chi connectivity index (χ3n) is 0.480. The van der Waals surface area contributed by atoms with Crippen LogP contribution in [0.2, 0.25) is 0 Å². The summed E-state index contributed by atoms with van der Waals surface area (Å²) < 4.78 is 0. The van der Waals surface area contributed by atoms with E-state index in [0.717, 1.165) is 6.54 Å². The van der Waals surface area contributed by atoms with E-state index in [1.807, 2.05) is 6.42 Å². The molecule has 5 heavy (non-hydrogen) atoms. The number of hydrogen-bond acceptors (Lipinski definition) is 2. The molecule has 1 aliphatic rings. The van der Waals surface area contributed by atoms with Crippen molar-refractivity contribution in [3.05, 3.63) is 6.42 Å². The average Bonchev–Trinajstić information content (AvgIpc) is 1.76. The van der Waals surface area contributed by atoms with Crippen LogP contribution in [-0.2, 0) is 0 Å². The van der Waals surface area contributed by atoms with Crippen LogP contribution in [0.25, 0.3) is 0 Å². The highest BCUT2D eigenvalue weighted by Gasteiger charge is 1.83. The van der Waals surface area contributed by atoms with E-state index in [0.29, 0.717) is 0 Å². The highest BCUT2D eigenvalue weighted by atomic mass is 15.3. The Morgan fingerprint density at radius 2 is 2.80 bits per heavy atom. The minimum absolute atomic E-state index is 0.903. The second-order valence-electron chi connectivity index (χ2n) is 0.876. The standard InChI is InChI=1S/C3H5N2/c1-2-4-5-3-1/h1-2,5H,3H2. The van der Waals surface area contributed by atoms with Crippen molar-refractivity contribution >= 4 is 6.21 Å². The van der Waals surface area contributed by atoms with Crippen molar-refractivity contribution in [1.29, 1.82) is 0 Å². The van der Waals surface area contributed by atoms with Crippen LogP contribution < -0.4 is 5.43 Å². The minimum Gasteiger partial charge on any atom is -0.310 e. The molecule has 0 aromatic heterocycles. The summed E-state index contributed by atoms with van der Waals surface area (Å²) in [5.41, 5.74) is 2.74. The summed E-state index contributed by atoms with van der Waals surface area (Å²) in [5, 5.41) is 3.65. The van der Waals surface area contributed by atoms with E-state index in [4.69, 9.17) is 0 Å². The Morgan fingerprint density at radius 1 is 1.80 bits per heavy atom. The quantitative estimate of drug-likeness (QED) is 0.418. The third-order valence-corrected chi connectivity index (χ3v) is 0.480. The van der Waals surface area contributed by atoms with Crippen LogP contribution in [0.3, 0.4) is 0 Å². The first-order valence-corrected chi connectivity index (χ1v) is 1.58. The molecule has 0 atom stereocenters. The van der Waals surface area contributed by atoms with Gasteiger partial charge in [0.05, 0.1) is 0 Å². The molecule has 1 heterocycles. The summed E-state index contributed by atoms with van der Waals surface area (Å²) in [6, 6.07) is 0. The van der Waals surface area contributed by atoms with Gasteiger partial charge in [-0.15, -0.1) is 0 Å². The van der Waals surface area contributed by atoms with Gasteiger partial charge in [-0.1, -0.05) is 0 Å². The van der Waals surface area contributed by atoms with Crippen LogP contribution in [0.1, 0.15) is 0 Å². The first-order valence-electron chi connectivity index (χ1n) is 1.58. The largest absolute Gasteiger partial charge is 0.310 e. The molecule has 1 N–H and O–H groups in total. The lowest BCUT2D eigenvalue weighted by atomic mass is 10.5. The van der Waals surface area contributed by atoms with Crippen LogP contribution in [0.5, 0.6) is 0 Å². The van der Waals surface area contributed by atoms with Crippen molar-refractivity contribution in [1.82, 2.24) is 5.43 Å². The Hall–Kier alpha value is -0.530. The first kappa shape index (κ1) is 2.69. The van der Waals surface area contributed by atoms with Gasteiger partial charge in [-0.25, -0.2) is 0 Å². The number of hydrazone groups is 1. The first-order chi connectivity index (χ1) is 2.50. The van der Waals surface area contributed by atoms with E-state index in [-0.39, 0.29) is 0 Å². The summed E-state index contributed by atoms with van der Waals surface area (Å²) in [6.45, 7) is 0.903. The van der Waals surface area contributed by atoms with Gasteiger partial charge in [0, 0.05) is 19.2 Å². The van der Waals surface area contributed by atoms with E-state index >= 15 is 0 Å². The van der Waals surface area contributed by atoms with E-state index in [2.05, 4.69) is 10.5 Å². The van der Waals surface area contributed by atoms with Crippen LogP contribution >= 0.6 is 0 Å². The Balaban J connectivity index is 2.32. The van der Waals surface area contributed by atoms with E-state index in [1.54, 1.807) is 6.21 Å². The van der Waals surface area contributed by atoms with Crippen molar-refractivity contribution in [2.75, 3.05) is 6.54 Å². The molecule has 0 unspecified atom stereocenters. The SMILES string of the molecule is [CH]1C=NNC1. The van der Waals surface area contributed by atoms with Gasteiger partial charge in [0.15, 0.2) is 0 Å². The molecular formula is C3H5N2. The fourth-order valence-corrected chi connectivity index (χ4v) is 0.264. The minimum atomic E-state index is 0.903. The Morgan fingerprint density at radius 3 is 3.00 bits per heavy atom. The molecule has 0 fully saturated rings. The van der Waals surface area contributed by atoms with Crippen molar-refractivity contribution in [2.45, 2.75) is 0 Å². The van der Waals surface area contributed by atoms with Gasteiger partial charge in [0.2, 0.25) is 0 Å². The molecule has 0 aromatic rings. The van der Waals surface area contributed by atoms with Crippen LogP contribution in [0.4, 0.5) is 0 Å². The molecule has 2 heteroatoms. The van der Waals surface area contributed by atoms with Crippen LogP contribution in [0, 0.1) is 6.42 Å². The second-order valence-corrected chi connectivity index (χ2v) is 0.876. The number of hydrogen-bond donors (Lipinski definition) is 1. The predicted octanol–water partition coefficient (Wildman–Crippen LogP) is -0.220. The average molecular weight is 69.1 g/mol. The zero-order valence-electron chi connectivity index (χ0n) is 2.81. The monoisotopic (exact) mass is 69.0 g/mol. The van der Waals surface area contributed by atoms with Crippen LogP contribution in [-0.4, -0.2) is 12.8 Å². The van der Waals surface area contributed by atoms with Crippen molar-refractivity contribution < 1.29 is 0 Å². The topological polar surface area (TPSA) is 24.4 Å². The maximum absolute atomic E-state index is 3.65. The normalized spacial score (nSPS) is 19.2. The highest BCUT2D eigenvalue weighted by Crippen LogP contribution is 1.73. The van der Waals surface area contributed by atoms with Gasteiger partial charge >= 0.3 is 0 Å². The molecule has 0 amide bonds. The molecule has 1 radical (unpaired) electrons. The number of rotatable bonds is 0.